The number of carbonyl (C=O) groups excluding carboxylic acids is 2. The van der Waals surface area contributed by atoms with Crippen molar-refractivity contribution in [3.63, 3.8) is 0 Å². The highest BCUT2D eigenvalue weighted by Gasteiger charge is 2.62. The van der Waals surface area contributed by atoms with Crippen molar-refractivity contribution in [2.45, 2.75) is 32.3 Å². The quantitative estimate of drug-likeness (QED) is 0.581. The SMILES string of the molecule is CO/C=C1\CCC[C@]12C(=O)C(OC)=C(OC)[C@H]2OC(C)=O. The maximum absolute atomic E-state index is 12.9. The molecule has 2 rings (SSSR count). The minimum atomic E-state index is -0.960. The molecule has 0 radical (unpaired) electrons. The second kappa shape index (κ2) is 5.79. The summed E-state index contributed by atoms with van der Waals surface area (Å²) in [6, 6.07) is 0. The van der Waals surface area contributed by atoms with Gasteiger partial charge in [-0.2, -0.15) is 0 Å². The van der Waals surface area contributed by atoms with E-state index in [4.69, 9.17) is 18.9 Å². The Hall–Kier alpha value is -1.98. The van der Waals surface area contributed by atoms with E-state index in [1.165, 1.54) is 28.3 Å². The summed E-state index contributed by atoms with van der Waals surface area (Å²) >= 11 is 0. The van der Waals surface area contributed by atoms with Gasteiger partial charge in [0.2, 0.25) is 11.5 Å². The Morgan fingerprint density at radius 1 is 1.29 bits per heavy atom. The summed E-state index contributed by atoms with van der Waals surface area (Å²) in [5, 5.41) is 0. The zero-order valence-corrected chi connectivity index (χ0v) is 12.7. The summed E-state index contributed by atoms with van der Waals surface area (Å²) in [7, 11) is 4.37. The molecule has 0 N–H and O–H groups in total. The molecule has 0 aliphatic heterocycles. The van der Waals surface area contributed by atoms with Gasteiger partial charge in [0.25, 0.3) is 0 Å². The van der Waals surface area contributed by atoms with E-state index in [9.17, 15) is 9.59 Å². The van der Waals surface area contributed by atoms with Gasteiger partial charge in [0.05, 0.1) is 27.6 Å². The minimum absolute atomic E-state index is 0.118. The van der Waals surface area contributed by atoms with Crippen LogP contribution in [0.1, 0.15) is 26.2 Å². The Morgan fingerprint density at radius 2 is 2.00 bits per heavy atom. The Labute approximate surface area is 123 Å². The second-order valence-electron chi connectivity index (χ2n) is 5.12. The molecule has 1 spiro atoms. The van der Waals surface area contributed by atoms with E-state index in [0.717, 1.165) is 12.0 Å². The third kappa shape index (κ3) is 2.18. The summed E-state index contributed by atoms with van der Waals surface area (Å²) < 4.78 is 21.0. The molecule has 2 aliphatic rings. The Balaban J connectivity index is 2.56. The molecule has 0 bridgehead atoms. The van der Waals surface area contributed by atoms with Crippen LogP contribution in [0.15, 0.2) is 23.4 Å². The van der Waals surface area contributed by atoms with Crippen LogP contribution in [0.2, 0.25) is 0 Å². The Kier molecular flexibility index (Phi) is 4.25. The van der Waals surface area contributed by atoms with Crippen LogP contribution in [0, 0.1) is 5.41 Å². The van der Waals surface area contributed by atoms with E-state index < -0.39 is 17.5 Å². The highest BCUT2D eigenvalue weighted by atomic mass is 16.6. The zero-order chi connectivity index (χ0) is 15.6. The molecule has 0 aromatic rings. The predicted octanol–water partition coefficient (Wildman–Crippen LogP) is 1.71. The number of hydrogen-bond donors (Lipinski definition) is 0. The molecule has 21 heavy (non-hydrogen) atoms. The van der Waals surface area contributed by atoms with Gasteiger partial charge in [-0.15, -0.1) is 0 Å². The monoisotopic (exact) mass is 296 g/mol. The highest BCUT2D eigenvalue weighted by Crippen LogP contribution is 2.55. The van der Waals surface area contributed by atoms with Gasteiger partial charge < -0.3 is 18.9 Å². The lowest BCUT2D eigenvalue weighted by molar-refractivity contribution is -0.152. The predicted molar refractivity (Wildman–Crippen MR) is 73.0 cm³/mol. The molecule has 0 saturated heterocycles. The van der Waals surface area contributed by atoms with Crippen LogP contribution >= 0.6 is 0 Å². The van der Waals surface area contributed by atoms with E-state index in [0.29, 0.717) is 12.8 Å². The molecule has 2 aliphatic carbocycles. The molecule has 0 amide bonds. The maximum Gasteiger partial charge on any atom is 0.303 e. The topological polar surface area (TPSA) is 71.1 Å². The lowest BCUT2D eigenvalue weighted by atomic mass is 9.77. The Bertz CT molecular complexity index is 518. The van der Waals surface area contributed by atoms with Gasteiger partial charge in [0.1, 0.15) is 5.41 Å². The third-order valence-corrected chi connectivity index (χ3v) is 4.08. The van der Waals surface area contributed by atoms with Crippen molar-refractivity contribution in [3.05, 3.63) is 23.4 Å². The Morgan fingerprint density at radius 3 is 2.52 bits per heavy atom. The first-order valence-electron chi connectivity index (χ1n) is 6.79. The van der Waals surface area contributed by atoms with Crippen molar-refractivity contribution in [2.24, 2.45) is 5.41 Å². The van der Waals surface area contributed by atoms with E-state index in [-0.39, 0.29) is 17.3 Å². The number of rotatable bonds is 4. The number of esters is 1. The second-order valence-corrected chi connectivity index (χ2v) is 5.12. The van der Waals surface area contributed by atoms with Crippen LogP contribution in [0.5, 0.6) is 0 Å². The van der Waals surface area contributed by atoms with Crippen LogP contribution in [-0.4, -0.2) is 39.2 Å². The number of carbonyl (C=O) groups is 2. The first kappa shape index (κ1) is 15.4. The van der Waals surface area contributed by atoms with Crippen molar-refractivity contribution >= 4 is 11.8 Å². The van der Waals surface area contributed by atoms with E-state index >= 15 is 0 Å². The van der Waals surface area contributed by atoms with Crippen molar-refractivity contribution < 1.29 is 28.5 Å². The maximum atomic E-state index is 12.9. The molecule has 0 unspecified atom stereocenters. The molecule has 6 nitrogen and oxygen atoms in total. The largest absolute Gasteiger partial charge is 0.504 e. The summed E-state index contributed by atoms with van der Waals surface area (Å²) in [4.78, 5) is 24.3. The van der Waals surface area contributed by atoms with Gasteiger partial charge in [0, 0.05) is 6.92 Å². The number of hydrogen-bond acceptors (Lipinski definition) is 6. The standard InChI is InChI=1S/C15H20O6/c1-9(16)21-14-12(20-4)11(19-3)13(17)15(14)7-5-6-10(15)8-18-2/h8,14H,5-7H2,1-4H3/b10-8+/t14-,15-/m1/s1. The third-order valence-electron chi connectivity index (χ3n) is 4.08. The van der Waals surface area contributed by atoms with E-state index in [2.05, 4.69) is 0 Å². The molecule has 2 atom stereocenters. The van der Waals surface area contributed by atoms with Crippen LogP contribution in [0.4, 0.5) is 0 Å². The molecule has 6 heteroatoms. The molecule has 0 aromatic heterocycles. The van der Waals surface area contributed by atoms with Gasteiger partial charge in [-0.1, -0.05) is 0 Å². The fourth-order valence-corrected chi connectivity index (χ4v) is 3.30. The van der Waals surface area contributed by atoms with E-state index in [1.807, 2.05) is 0 Å². The van der Waals surface area contributed by atoms with Crippen molar-refractivity contribution in [1.29, 1.82) is 0 Å². The number of ketones is 1. The molecular weight excluding hydrogens is 276 g/mol. The first-order chi connectivity index (χ1) is 10.0. The smallest absolute Gasteiger partial charge is 0.303 e. The average molecular weight is 296 g/mol. The average Bonchev–Trinajstić information content (AvgIpc) is 2.95. The first-order valence-corrected chi connectivity index (χ1v) is 6.79. The van der Waals surface area contributed by atoms with Gasteiger partial charge in [0.15, 0.2) is 11.9 Å². The van der Waals surface area contributed by atoms with Gasteiger partial charge in [-0.05, 0) is 24.8 Å². The number of allylic oxidation sites excluding steroid dienone is 1. The number of Topliss-reactive ketones (excluding diaryl/α,β-unsaturated/α-hetero) is 1. The van der Waals surface area contributed by atoms with Gasteiger partial charge in [-0.25, -0.2) is 0 Å². The van der Waals surface area contributed by atoms with Crippen LogP contribution < -0.4 is 0 Å². The van der Waals surface area contributed by atoms with Gasteiger partial charge in [-0.3, -0.25) is 9.59 Å². The fourth-order valence-electron chi connectivity index (χ4n) is 3.30. The summed E-state index contributed by atoms with van der Waals surface area (Å²) in [6.07, 6.45) is 2.86. The summed E-state index contributed by atoms with van der Waals surface area (Å²) in [5.74, 6) is -0.300. The molecule has 1 saturated carbocycles. The lowest BCUT2D eigenvalue weighted by Crippen LogP contribution is -2.40. The van der Waals surface area contributed by atoms with Crippen LogP contribution in [-0.2, 0) is 28.5 Å². The van der Waals surface area contributed by atoms with Gasteiger partial charge >= 0.3 is 5.97 Å². The lowest BCUT2D eigenvalue weighted by Gasteiger charge is -2.30. The molecular formula is C15H20O6. The van der Waals surface area contributed by atoms with Crippen molar-refractivity contribution in [1.82, 2.24) is 0 Å². The molecule has 0 heterocycles. The van der Waals surface area contributed by atoms with Crippen LogP contribution in [0.25, 0.3) is 0 Å². The normalized spacial score (nSPS) is 30.2. The number of ether oxygens (including phenoxy) is 4. The minimum Gasteiger partial charge on any atom is -0.504 e. The van der Waals surface area contributed by atoms with Crippen molar-refractivity contribution in [2.75, 3.05) is 21.3 Å². The summed E-state index contributed by atoms with van der Waals surface area (Å²) in [6.45, 7) is 1.31. The number of methoxy groups -OCH3 is 3. The summed E-state index contributed by atoms with van der Waals surface area (Å²) in [5.41, 5.74) is -0.152. The van der Waals surface area contributed by atoms with E-state index in [1.54, 1.807) is 6.26 Å². The zero-order valence-electron chi connectivity index (χ0n) is 12.7. The van der Waals surface area contributed by atoms with Crippen molar-refractivity contribution in [3.8, 4) is 0 Å². The fraction of sp³-hybridized carbons (Fsp3) is 0.600. The molecule has 1 fully saturated rings. The molecule has 0 aromatic carbocycles. The van der Waals surface area contributed by atoms with Crippen LogP contribution in [0.3, 0.4) is 0 Å². The highest BCUT2D eigenvalue weighted by molar-refractivity contribution is 6.05. The molecule has 116 valence electrons.